The van der Waals surface area contributed by atoms with E-state index in [1.54, 1.807) is 0 Å². The zero-order valence-corrected chi connectivity index (χ0v) is 19.1. The van der Waals surface area contributed by atoms with Crippen LogP contribution in [0.2, 0.25) is 5.02 Å². The number of hydrogen-bond acceptors (Lipinski definition) is 4. The molecular formula is C27H31ClN2O2. The lowest BCUT2D eigenvalue weighted by atomic mass is 9.92. The molecule has 1 aliphatic rings. The van der Waals surface area contributed by atoms with Crippen molar-refractivity contribution in [3.63, 3.8) is 0 Å². The maximum atomic E-state index is 10.6. The molecule has 0 aliphatic carbocycles. The molecule has 168 valence electrons. The van der Waals surface area contributed by atoms with Gasteiger partial charge in [0.2, 0.25) is 0 Å². The molecule has 1 aliphatic heterocycles. The van der Waals surface area contributed by atoms with Crippen molar-refractivity contribution in [2.45, 2.75) is 12.0 Å². The van der Waals surface area contributed by atoms with Crippen molar-refractivity contribution in [3.8, 4) is 0 Å². The molecular weight excluding hydrogens is 420 g/mol. The summed E-state index contributed by atoms with van der Waals surface area (Å²) in [7, 11) is 0. The number of hydrogen-bond donors (Lipinski definition) is 1. The molecule has 1 atom stereocenters. The van der Waals surface area contributed by atoms with Crippen LogP contribution < -0.4 is 4.90 Å². The Labute approximate surface area is 196 Å². The van der Waals surface area contributed by atoms with Crippen LogP contribution in [0.1, 0.15) is 17.0 Å². The summed E-state index contributed by atoms with van der Waals surface area (Å²) in [5, 5.41) is 11.3. The van der Waals surface area contributed by atoms with Gasteiger partial charge in [0.25, 0.3) is 0 Å². The Balaban J connectivity index is 1.24. The Hall–Kier alpha value is -2.37. The van der Waals surface area contributed by atoms with Crippen molar-refractivity contribution in [3.05, 3.63) is 101 Å². The van der Waals surface area contributed by atoms with E-state index in [1.165, 1.54) is 11.1 Å². The van der Waals surface area contributed by atoms with Gasteiger partial charge in [0.1, 0.15) is 0 Å². The molecule has 5 heteroatoms. The molecule has 1 fully saturated rings. The van der Waals surface area contributed by atoms with Crippen LogP contribution in [0.5, 0.6) is 0 Å². The summed E-state index contributed by atoms with van der Waals surface area (Å²) in [6, 6.07) is 28.8. The second-order valence-corrected chi connectivity index (χ2v) is 8.77. The van der Waals surface area contributed by atoms with Gasteiger partial charge in [-0.3, -0.25) is 4.90 Å². The molecule has 3 aromatic rings. The highest BCUT2D eigenvalue weighted by Crippen LogP contribution is 2.25. The minimum absolute atomic E-state index is 0.158. The molecule has 3 aromatic carbocycles. The van der Waals surface area contributed by atoms with Crippen LogP contribution in [0, 0.1) is 0 Å². The molecule has 0 radical (unpaired) electrons. The minimum Gasteiger partial charge on any atom is -0.389 e. The maximum absolute atomic E-state index is 10.6. The van der Waals surface area contributed by atoms with Gasteiger partial charge in [-0.1, -0.05) is 78.3 Å². The van der Waals surface area contributed by atoms with E-state index in [0.29, 0.717) is 19.8 Å². The van der Waals surface area contributed by atoms with Crippen LogP contribution in [0.25, 0.3) is 0 Å². The van der Waals surface area contributed by atoms with Crippen molar-refractivity contribution < 1.29 is 9.84 Å². The molecule has 32 heavy (non-hydrogen) atoms. The first-order chi connectivity index (χ1) is 15.7. The smallest absolute Gasteiger partial charge is 0.0900 e. The second-order valence-electron chi connectivity index (χ2n) is 8.33. The number of nitrogens with zero attached hydrogens (tertiary/aromatic N) is 2. The molecule has 1 heterocycles. The van der Waals surface area contributed by atoms with Crippen LogP contribution in [0.15, 0.2) is 84.9 Å². The van der Waals surface area contributed by atoms with E-state index >= 15 is 0 Å². The number of benzene rings is 3. The summed E-state index contributed by atoms with van der Waals surface area (Å²) in [4.78, 5) is 4.65. The predicted octanol–water partition coefficient (Wildman–Crippen LogP) is 4.67. The summed E-state index contributed by atoms with van der Waals surface area (Å²) in [5.41, 5.74) is 3.62. The van der Waals surface area contributed by atoms with Gasteiger partial charge in [-0.25, -0.2) is 0 Å². The molecule has 0 spiro atoms. The van der Waals surface area contributed by atoms with Gasteiger partial charge >= 0.3 is 0 Å². The van der Waals surface area contributed by atoms with Gasteiger partial charge in [0.05, 0.1) is 19.3 Å². The van der Waals surface area contributed by atoms with Crippen molar-refractivity contribution in [2.24, 2.45) is 0 Å². The number of aliphatic hydroxyl groups is 1. The first-order valence-electron chi connectivity index (χ1n) is 11.3. The standard InChI is InChI=1S/C27H31ClN2O2/c28-24-12-7-13-25(18-24)30-16-14-29(15-17-30)19-26(31)20-32-21-27(22-8-3-1-4-9-22)23-10-5-2-6-11-23/h1-13,18,26-27,31H,14-17,19-21H2. The summed E-state index contributed by atoms with van der Waals surface area (Å²) in [6.07, 6.45) is -0.500. The first kappa shape index (κ1) is 22.8. The van der Waals surface area contributed by atoms with Gasteiger partial charge < -0.3 is 14.7 Å². The van der Waals surface area contributed by atoms with Crippen LogP contribution in [0.4, 0.5) is 5.69 Å². The Kier molecular flexibility index (Phi) is 8.18. The number of anilines is 1. The Morgan fingerprint density at radius 2 is 1.41 bits per heavy atom. The number of piperazine rings is 1. The quantitative estimate of drug-likeness (QED) is 0.514. The van der Waals surface area contributed by atoms with Crippen molar-refractivity contribution in [2.75, 3.05) is 50.8 Å². The molecule has 1 unspecified atom stereocenters. The number of rotatable bonds is 9. The van der Waals surface area contributed by atoms with Gasteiger partial charge in [-0.2, -0.15) is 0 Å². The number of halogens is 1. The topological polar surface area (TPSA) is 35.9 Å². The largest absolute Gasteiger partial charge is 0.389 e. The van der Waals surface area contributed by atoms with E-state index in [-0.39, 0.29) is 5.92 Å². The fraction of sp³-hybridized carbons (Fsp3) is 0.333. The summed E-state index contributed by atoms with van der Waals surface area (Å²) in [6.45, 7) is 5.21. The van der Waals surface area contributed by atoms with E-state index in [9.17, 15) is 5.11 Å². The van der Waals surface area contributed by atoms with Crippen LogP contribution >= 0.6 is 11.6 Å². The Morgan fingerprint density at radius 1 is 0.781 bits per heavy atom. The first-order valence-corrected chi connectivity index (χ1v) is 11.7. The van der Waals surface area contributed by atoms with Crippen molar-refractivity contribution >= 4 is 17.3 Å². The van der Waals surface area contributed by atoms with E-state index in [1.807, 2.05) is 30.3 Å². The lowest BCUT2D eigenvalue weighted by Crippen LogP contribution is -2.49. The van der Waals surface area contributed by atoms with E-state index < -0.39 is 6.10 Å². The zero-order valence-electron chi connectivity index (χ0n) is 18.3. The average molecular weight is 451 g/mol. The third-order valence-electron chi connectivity index (χ3n) is 6.01. The van der Waals surface area contributed by atoms with Gasteiger partial charge in [0.15, 0.2) is 0 Å². The third kappa shape index (κ3) is 6.33. The van der Waals surface area contributed by atoms with E-state index in [4.69, 9.17) is 16.3 Å². The summed E-state index contributed by atoms with van der Waals surface area (Å²) in [5.74, 6) is 0.158. The predicted molar refractivity (Wildman–Crippen MR) is 132 cm³/mol. The molecule has 0 bridgehead atoms. The lowest BCUT2D eigenvalue weighted by molar-refractivity contribution is 0.0136. The number of ether oxygens (including phenoxy) is 1. The Bertz CT molecular complexity index is 907. The molecule has 1 saturated heterocycles. The van der Waals surface area contributed by atoms with Gasteiger partial charge in [0, 0.05) is 49.4 Å². The van der Waals surface area contributed by atoms with Crippen molar-refractivity contribution in [1.29, 1.82) is 0 Å². The van der Waals surface area contributed by atoms with Crippen LogP contribution in [0.3, 0.4) is 0 Å². The zero-order chi connectivity index (χ0) is 22.2. The highest BCUT2D eigenvalue weighted by Gasteiger charge is 2.20. The lowest BCUT2D eigenvalue weighted by Gasteiger charge is -2.37. The summed E-state index contributed by atoms with van der Waals surface area (Å²) < 4.78 is 6.01. The number of aliphatic hydroxyl groups excluding tert-OH is 1. The Morgan fingerprint density at radius 3 is 2.00 bits per heavy atom. The minimum atomic E-state index is -0.500. The molecule has 0 amide bonds. The van der Waals surface area contributed by atoms with Gasteiger partial charge in [-0.05, 0) is 29.3 Å². The van der Waals surface area contributed by atoms with E-state index in [2.05, 4.69) is 64.4 Å². The maximum Gasteiger partial charge on any atom is 0.0900 e. The SMILES string of the molecule is OC(COCC(c1ccccc1)c1ccccc1)CN1CCN(c2cccc(Cl)c2)CC1. The second kappa shape index (κ2) is 11.5. The fourth-order valence-electron chi connectivity index (χ4n) is 4.29. The molecule has 0 saturated carbocycles. The highest BCUT2D eigenvalue weighted by molar-refractivity contribution is 6.30. The monoisotopic (exact) mass is 450 g/mol. The third-order valence-corrected chi connectivity index (χ3v) is 6.25. The van der Waals surface area contributed by atoms with Crippen LogP contribution in [-0.4, -0.2) is 62.0 Å². The average Bonchev–Trinajstić information content (AvgIpc) is 2.83. The fourth-order valence-corrected chi connectivity index (χ4v) is 4.47. The van der Waals surface area contributed by atoms with Crippen LogP contribution in [-0.2, 0) is 4.74 Å². The molecule has 1 N–H and O–H groups in total. The van der Waals surface area contributed by atoms with Crippen molar-refractivity contribution in [1.82, 2.24) is 4.90 Å². The normalized spacial score (nSPS) is 15.8. The molecule has 4 rings (SSSR count). The highest BCUT2D eigenvalue weighted by atomic mass is 35.5. The van der Waals surface area contributed by atoms with E-state index in [0.717, 1.165) is 36.9 Å². The molecule has 0 aromatic heterocycles. The van der Waals surface area contributed by atoms with Gasteiger partial charge in [-0.15, -0.1) is 0 Å². The number of β-amino-alcohol motifs (C(OH)–C–C–N with tert-alkyl or cyclic N) is 1. The molecule has 4 nitrogen and oxygen atoms in total. The summed E-state index contributed by atoms with van der Waals surface area (Å²) >= 11 is 6.13.